The first-order valence-electron chi connectivity index (χ1n) is 5.24. The number of hydrogen-bond donors (Lipinski definition) is 0. The number of halogens is 1. The summed E-state index contributed by atoms with van der Waals surface area (Å²) in [5.74, 6) is -0.569. The molecule has 1 heterocycles. The molecule has 1 rings (SSSR count). The normalized spacial score (nSPS) is 10.6. The van der Waals surface area contributed by atoms with Crippen molar-refractivity contribution in [1.82, 2.24) is 0 Å². The highest BCUT2D eigenvalue weighted by Crippen LogP contribution is 2.25. The Hall–Kier alpha value is -1.75. The van der Waals surface area contributed by atoms with E-state index in [1.54, 1.807) is 6.92 Å². The third-order valence-corrected chi connectivity index (χ3v) is 2.24. The van der Waals surface area contributed by atoms with Crippen molar-refractivity contribution in [3.05, 3.63) is 23.5 Å². The molecule has 0 unspecified atom stereocenters. The lowest BCUT2D eigenvalue weighted by molar-refractivity contribution is -0.134. The molecule has 0 amide bonds. The number of rotatable bonds is 6. The van der Waals surface area contributed by atoms with E-state index in [9.17, 15) is 9.59 Å². The number of alkyl halides is 1. The van der Waals surface area contributed by atoms with Gasteiger partial charge < -0.3 is 13.9 Å². The maximum Gasteiger partial charge on any atom is 0.330 e. The minimum Gasteiger partial charge on any atom is -0.466 e. The van der Waals surface area contributed by atoms with Crippen LogP contribution in [0.2, 0.25) is 0 Å². The Bertz CT molecular complexity index is 461. The summed E-state index contributed by atoms with van der Waals surface area (Å²) < 4.78 is 14.9. The maximum atomic E-state index is 11.5. The molecule has 0 saturated heterocycles. The summed E-state index contributed by atoms with van der Waals surface area (Å²) in [6, 6.07) is 1.47. The van der Waals surface area contributed by atoms with Crippen LogP contribution in [-0.4, -0.2) is 31.3 Å². The number of carbonyl (C=O) groups excluding carboxylic acids is 2. The molecule has 0 aromatic carbocycles. The van der Waals surface area contributed by atoms with Gasteiger partial charge in [-0.2, -0.15) is 0 Å². The zero-order valence-electron chi connectivity index (χ0n) is 10.1. The molecule has 5 nitrogen and oxygen atoms in total. The lowest BCUT2D eigenvalue weighted by Gasteiger charge is -1.99. The highest BCUT2D eigenvalue weighted by atomic mass is 35.5. The predicted octanol–water partition coefficient (Wildman–Crippen LogP) is 2.29. The van der Waals surface area contributed by atoms with E-state index >= 15 is 0 Å². The fourth-order valence-corrected chi connectivity index (χ4v) is 1.34. The Kier molecular flexibility index (Phi) is 5.45. The Morgan fingerprint density at radius 2 is 2.22 bits per heavy atom. The number of esters is 1. The molecule has 1 aromatic heterocycles. The number of Topliss-reactive ketones (excluding diaryl/α,β-unsaturated/α-hetero) is 1. The van der Waals surface area contributed by atoms with Crippen LogP contribution in [0.15, 0.2) is 16.6 Å². The molecule has 0 radical (unpaired) electrons. The van der Waals surface area contributed by atoms with Crippen molar-refractivity contribution in [3.63, 3.8) is 0 Å². The molecule has 0 atom stereocenters. The first-order valence-corrected chi connectivity index (χ1v) is 5.77. The van der Waals surface area contributed by atoms with Crippen LogP contribution < -0.4 is 4.74 Å². The van der Waals surface area contributed by atoms with Gasteiger partial charge in [0.2, 0.25) is 0 Å². The van der Waals surface area contributed by atoms with E-state index in [1.807, 2.05) is 0 Å². The summed E-state index contributed by atoms with van der Waals surface area (Å²) in [6.45, 7) is 2.12. The minimum absolute atomic E-state index is 0.104. The number of ketones is 1. The zero-order valence-corrected chi connectivity index (χ0v) is 10.8. The summed E-state index contributed by atoms with van der Waals surface area (Å²) in [4.78, 5) is 22.5. The highest BCUT2D eigenvalue weighted by Gasteiger charge is 2.17. The average molecular weight is 273 g/mol. The van der Waals surface area contributed by atoms with E-state index in [2.05, 4.69) is 4.74 Å². The molecular weight excluding hydrogens is 260 g/mol. The number of methoxy groups -OCH3 is 1. The number of ether oxygens (including phenoxy) is 2. The number of hydrogen-bond acceptors (Lipinski definition) is 5. The molecule has 0 fully saturated rings. The lowest BCUT2D eigenvalue weighted by Crippen LogP contribution is -2.02. The maximum absolute atomic E-state index is 11.5. The smallest absolute Gasteiger partial charge is 0.330 e. The molecular formula is C12H13ClO5. The van der Waals surface area contributed by atoms with E-state index in [0.717, 1.165) is 0 Å². The third kappa shape index (κ3) is 3.63. The largest absolute Gasteiger partial charge is 0.466 e. The quantitative estimate of drug-likeness (QED) is 0.344. The monoisotopic (exact) mass is 272 g/mol. The second kappa shape index (κ2) is 6.86. The van der Waals surface area contributed by atoms with E-state index < -0.39 is 5.97 Å². The van der Waals surface area contributed by atoms with Gasteiger partial charge in [0.15, 0.2) is 5.78 Å². The van der Waals surface area contributed by atoms with Crippen LogP contribution in [0, 0.1) is 0 Å². The Morgan fingerprint density at radius 1 is 1.50 bits per heavy atom. The summed E-state index contributed by atoms with van der Waals surface area (Å²) in [7, 11) is 1.27. The Balaban J connectivity index is 2.98. The molecule has 0 saturated carbocycles. The van der Waals surface area contributed by atoms with Gasteiger partial charge in [-0.15, -0.1) is 11.6 Å². The number of carbonyl (C=O) groups is 2. The van der Waals surface area contributed by atoms with Crippen molar-refractivity contribution in [2.45, 2.75) is 6.92 Å². The second-order valence-electron chi connectivity index (χ2n) is 3.20. The van der Waals surface area contributed by atoms with Crippen LogP contribution in [0.1, 0.15) is 23.0 Å². The van der Waals surface area contributed by atoms with Gasteiger partial charge in [-0.05, 0) is 19.1 Å². The first kappa shape index (κ1) is 14.3. The highest BCUT2D eigenvalue weighted by molar-refractivity contribution is 6.30. The summed E-state index contributed by atoms with van der Waals surface area (Å²) >= 11 is 5.48. The fraction of sp³-hybridized carbons (Fsp3) is 0.333. The summed E-state index contributed by atoms with van der Waals surface area (Å²) in [5.41, 5.74) is 0.261. The molecule has 0 spiro atoms. The SMILES string of the molecule is CCOc1oc(/C=C/C(=O)OC)cc1C(=O)CCl. The van der Waals surface area contributed by atoms with Gasteiger partial charge in [0, 0.05) is 6.08 Å². The van der Waals surface area contributed by atoms with E-state index in [4.69, 9.17) is 20.8 Å². The van der Waals surface area contributed by atoms with Gasteiger partial charge in [-0.25, -0.2) is 4.79 Å². The topological polar surface area (TPSA) is 65.7 Å². The van der Waals surface area contributed by atoms with Gasteiger partial charge in [-0.3, -0.25) is 4.79 Å². The molecule has 0 bridgehead atoms. The molecule has 98 valence electrons. The van der Waals surface area contributed by atoms with Crippen LogP contribution in [-0.2, 0) is 9.53 Å². The standard InChI is InChI=1S/C12H13ClO5/c1-3-17-12-9(10(14)7-13)6-8(18-12)4-5-11(15)16-2/h4-6H,3,7H2,1-2H3/b5-4+. The molecule has 0 aliphatic rings. The summed E-state index contributed by atoms with van der Waals surface area (Å²) in [6.07, 6.45) is 2.57. The van der Waals surface area contributed by atoms with E-state index in [0.29, 0.717) is 12.4 Å². The van der Waals surface area contributed by atoms with Crippen molar-refractivity contribution in [2.24, 2.45) is 0 Å². The second-order valence-corrected chi connectivity index (χ2v) is 3.46. The van der Waals surface area contributed by atoms with Crippen LogP contribution >= 0.6 is 11.6 Å². The van der Waals surface area contributed by atoms with Crippen LogP contribution in [0.4, 0.5) is 0 Å². The first-order chi connectivity index (χ1) is 8.62. The summed E-state index contributed by atoms with van der Waals surface area (Å²) in [5, 5.41) is 0. The molecule has 0 N–H and O–H groups in total. The molecule has 0 aliphatic carbocycles. The van der Waals surface area contributed by atoms with Crippen molar-refractivity contribution in [2.75, 3.05) is 19.6 Å². The molecule has 0 aliphatic heterocycles. The van der Waals surface area contributed by atoms with Gasteiger partial charge in [-0.1, -0.05) is 0 Å². The van der Waals surface area contributed by atoms with Gasteiger partial charge in [0.25, 0.3) is 5.95 Å². The van der Waals surface area contributed by atoms with Crippen molar-refractivity contribution < 1.29 is 23.5 Å². The zero-order chi connectivity index (χ0) is 13.5. The van der Waals surface area contributed by atoms with Crippen molar-refractivity contribution >= 4 is 29.4 Å². The molecule has 6 heteroatoms. The van der Waals surface area contributed by atoms with E-state index in [1.165, 1.54) is 25.3 Å². The van der Waals surface area contributed by atoms with Crippen LogP contribution in [0.3, 0.4) is 0 Å². The molecule has 1 aromatic rings. The average Bonchev–Trinajstić information content (AvgIpc) is 2.78. The van der Waals surface area contributed by atoms with Gasteiger partial charge >= 0.3 is 5.97 Å². The van der Waals surface area contributed by atoms with Crippen LogP contribution in [0.5, 0.6) is 5.95 Å². The fourth-order valence-electron chi connectivity index (χ4n) is 1.20. The Labute approximate surface area is 109 Å². The van der Waals surface area contributed by atoms with Crippen molar-refractivity contribution in [3.8, 4) is 5.95 Å². The molecule has 18 heavy (non-hydrogen) atoms. The Morgan fingerprint density at radius 3 is 2.78 bits per heavy atom. The lowest BCUT2D eigenvalue weighted by atomic mass is 10.2. The third-order valence-electron chi connectivity index (χ3n) is 2.00. The predicted molar refractivity (Wildman–Crippen MR) is 66.0 cm³/mol. The number of furan rings is 1. The van der Waals surface area contributed by atoms with Gasteiger partial charge in [0.05, 0.1) is 19.6 Å². The minimum atomic E-state index is -0.519. The van der Waals surface area contributed by atoms with Crippen LogP contribution in [0.25, 0.3) is 6.08 Å². The van der Waals surface area contributed by atoms with Gasteiger partial charge in [0.1, 0.15) is 11.3 Å². The van der Waals surface area contributed by atoms with Crippen molar-refractivity contribution in [1.29, 1.82) is 0 Å². The van der Waals surface area contributed by atoms with E-state index in [-0.39, 0.29) is 23.2 Å².